The lowest BCUT2D eigenvalue weighted by atomic mass is 9.93. The molecule has 0 amide bonds. The minimum Gasteiger partial charge on any atom is -0.465 e. The third-order valence-electron chi connectivity index (χ3n) is 5.90. The van der Waals surface area contributed by atoms with Crippen molar-refractivity contribution in [1.82, 2.24) is 9.13 Å². The number of fused-ring (bicyclic) bond motifs is 3. The topological polar surface area (TPSA) is 79.5 Å². The zero-order valence-electron chi connectivity index (χ0n) is 17.3. The Bertz CT molecular complexity index is 1060. The quantitative estimate of drug-likeness (QED) is 0.711. The van der Waals surface area contributed by atoms with E-state index in [9.17, 15) is 14.4 Å². The number of esters is 1. The van der Waals surface area contributed by atoms with Gasteiger partial charge in [0.05, 0.1) is 17.6 Å². The van der Waals surface area contributed by atoms with E-state index in [4.69, 9.17) is 9.47 Å². The van der Waals surface area contributed by atoms with Gasteiger partial charge in [-0.3, -0.25) is 18.7 Å². The van der Waals surface area contributed by atoms with E-state index < -0.39 is 17.3 Å². The molecule has 0 radical (unpaired) electrons. The van der Waals surface area contributed by atoms with Crippen molar-refractivity contribution < 1.29 is 14.3 Å². The average Bonchev–Trinajstić information content (AvgIpc) is 3.04. The molecule has 0 spiro atoms. The molecule has 2 aromatic rings. The van der Waals surface area contributed by atoms with E-state index in [-0.39, 0.29) is 24.8 Å². The predicted octanol–water partition coefficient (Wildman–Crippen LogP) is 2.80. The van der Waals surface area contributed by atoms with Crippen molar-refractivity contribution >= 4 is 27.5 Å². The minimum absolute atomic E-state index is 0.171. The largest absolute Gasteiger partial charge is 0.465 e. The lowest BCUT2D eigenvalue weighted by Crippen LogP contribution is -2.47. The molecule has 3 heterocycles. The van der Waals surface area contributed by atoms with Gasteiger partial charge in [-0.25, -0.2) is 4.79 Å². The van der Waals surface area contributed by atoms with Gasteiger partial charge in [-0.1, -0.05) is 0 Å². The van der Waals surface area contributed by atoms with Gasteiger partial charge < -0.3 is 9.47 Å². The molecule has 8 heteroatoms. The Hall–Kier alpha value is -1.93. The first-order chi connectivity index (χ1) is 13.8. The van der Waals surface area contributed by atoms with E-state index >= 15 is 0 Å². The van der Waals surface area contributed by atoms with Crippen molar-refractivity contribution in [2.75, 3.05) is 13.2 Å². The zero-order valence-corrected chi connectivity index (χ0v) is 18.1. The van der Waals surface area contributed by atoms with Gasteiger partial charge in [0.1, 0.15) is 11.4 Å². The lowest BCUT2D eigenvalue weighted by Gasteiger charge is -2.36. The molecule has 1 aliphatic heterocycles. The number of carbonyl (C=O) groups is 1. The van der Waals surface area contributed by atoms with Gasteiger partial charge in [0.15, 0.2) is 0 Å². The Morgan fingerprint density at radius 1 is 1.28 bits per heavy atom. The van der Waals surface area contributed by atoms with E-state index in [1.54, 1.807) is 6.92 Å². The summed E-state index contributed by atoms with van der Waals surface area (Å²) in [6.07, 6.45) is 5.09. The molecule has 7 nitrogen and oxygen atoms in total. The number of aryl methyl sites for hydroxylation is 2. The summed E-state index contributed by atoms with van der Waals surface area (Å²) in [6.45, 7) is 6.28. The first-order valence-electron chi connectivity index (χ1n) is 10.4. The smallest absolute Gasteiger partial charge is 0.332 e. The molecule has 29 heavy (non-hydrogen) atoms. The molecule has 0 saturated carbocycles. The van der Waals surface area contributed by atoms with Crippen molar-refractivity contribution in [1.29, 1.82) is 0 Å². The van der Waals surface area contributed by atoms with Gasteiger partial charge >= 0.3 is 11.7 Å². The molecule has 1 atom stereocenters. The molecule has 4 rings (SSSR count). The van der Waals surface area contributed by atoms with Crippen LogP contribution < -0.4 is 11.2 Å². The zero-order chi connectivity index (χ0) is 20.8. The number of nitrogens with zero attached hydrogens (tertiary/aromatic N) is 2. The fraction of sp³-hybridized carbons (Fsp3) is 0.667. The standard InChI is InChI=1S/C21H28N2O5S/c1-4-27-16(24)12-22-19-17(14-7-5-6-8-15(14)29-19)18(25)23(20(22)26)13-9-10-28-21(2,3)11-13/h13H,4-12H2,1-3H3/t13-/m1/s1. The molecular weight excluding hydrogens is 392 g/mol. The number of ether oxygens (including phenoxy) is 2. The normalized spacial score (nSPS) is 21.1. The summed E-state index contributed by atoms with van der Waals surface area (Å²) >= 11 is 1.49. The Balaban J connectivity index is 1.94. The van der Waals surface area contributed by atoms with Gasteiger partial charge in [-0.2, -0.15) is 0 Å². The number of hydrogen-bond donors (Lipinski definition) is 0. The van der Waals surface area contributed by atoms with Crippen LogP contribution in [-0.2, 0) is 33.7 Å². The van der Waals surface area contributed by atoms with Gasteiger partial charge in [0.2, 0.25) is 0 Å². The molecule has 2 aromatic heterocycles. The first kappa shape index (κ1) is 20.3. The monoisotopic (exact) mass is 420 g/mol. The van der Waals surface area contributed by atoms with E-state index in [1.165, 1.54) is 25.3 Å². The molecule has 1 saturated heterocycles. The average molecular weight is 421 g/mol. The molecule has 0 unspecified atom stereocenters. The molecule has 1 aliphatic carbocycles. The number of rotatable bonds is 4. The van der Waals surface area contributed by atoms with E-state index in [0.717, 1.165) is 31.2 Å². The summed E-state index contributed by atoms with van der Waals surface area (Å²) < 4.78 is 13.7. The van der Waals surface area contributed by atoms with Gasteiger partial charge in [-0.05, 0) is 64.9 Å². The van der Waals surface area contributed by atoms with Crippen molar-refractivity contribution in [3.05, 3.63) is 31.3 Å². The van der Waals surface area contributed by atoms with Gasteiger partial charge in [0.25, 0.3) is 5.56 Å². The second-order valence-corrected chi connectivity index (χ2v) is 9.58. The summed E-state index contributed by atoms with van der Waals surface area (Å²) in [6, 6.07) is -0.240. The fourth-order valence-corrected chi connectivity index (χ4v) is 5.98. The van der Waals surface area contributed by atoms with Crippen LogP contribution in [0.4, 0.5) is 0 Å². The molecule has 158 valence electrons. The highest BCUT2D eigenvalue weighted by molar-refractivity contribution is 7.18. The van der Waals surface area contributed by atoms with Crippen LogP contribution in [0.5, 0.6) is 0 Å². The van der Waals surface area contributed by atoms with Crippen LogP contribution in [0, 0.1) is 0 Å². The van der Waals surface area contributed by atoms with Crippen LogP contribution in [0.3, 0.4) is 0 Å². The Labute approximate surface area is 173 Å². The first-order valence-corrected chi connectivity index (χ1v) is 11.2. The number of thiophene rings is 1. The van der Waals surface area contributed by atoms with Crippen LogP contribution in [0.2, 0.25) is 0 Å². The molecule has 0 N–H and O–H groups in total. The van der Waals surface area contributed by atoms with Crippen molar-refractivity contribution in [3.63, 3.8) is 0 Å². The molecule has 1 fully saturated rings. The fourth-order valence-electron chi connectivity index (χ4n) is 4.60. The molecule has 0 bridgehead atoms. The van der Waals surface area contributed by atoms with Crippen LogP contribution in [0.25, 0.3) is 10.2 Å². The third kappa shape index (κ3) is 3.68. The number of carbonyl (C=O) groups excluding carboxylic acids is 1. The van der Waals surface area contributed by atoms with E-state index in [1.807, 2.05) is 13.8 Å². The molecule has 0 aromatic carbocycles. The molecule has 2 aliphatic rings. The Kier molecular flexibility index (Phi) is 5.42. The van der Waals surface area contributed by atoms with E-state index in [0.29, 0.717) is 29.7 Å². The maximum absolute atomic E-state index is 13.6. The van der Waals surface area contributed by atoms with Crippen molar-refractivity contribution in [2.45, 2.75) is 77.5 Å². The van der Waals surface area contributed by atoms with Crippen LogP contribution in [-0.4, -0.2) is 33.9 Å². The highest BCUT2D eigenvalue weighted by Gasteiger charge is 2.33. The summed E-state index contributed by atoms with van der Waals surface area (Å²) in [4.78, 5) is 41.0. The molecular formula is C21H28N2O5S. The maximum Gasteiger partial charge on any atom is 0.332 e. The second-order valence-electron chi connectivity index (χ2n) is 8.49. The minimum atomic E-state index is -0.459. The Morgan fingerprint density at radius 3 is 2.76 bits per heavy atom. The van der Waals surface area contributed by atoms with Crippen molar-refractivity contribution in [3.8, 4) is 0 Å². The number of aromatic nitrogens is 2. The van der Waals surface area contributed by atoms with E-state index in [2.05, 4.69) is 0 Å². The predicted molar refractivity (Wildman–Crippen MR) is 112 cm³/mol. The summed E-state index contributed by atoms with van der Waals surface area (Å²) in [5.74, 6) is -0.459. The second kappa shape index (κ2) is 7.72. The maximum atomic E-state index is 13.6. The lowest BCUT2D eigenvalue weighted by molar-refractivity contribution is -0.143. The van der Waals surface area contributed by atoms with Crippen molar-refractivity contribution in [2.24, 2.45) is 0 Å². The Morgan fingerprint density at radius 2 is 2.03 bits per heavy atom. The SMILES string of the molecule is CCOC(=O)Cn1c(=O)n([C@@H]2CCOC(C)(C)C2)c(=O)c2c3c(sc21)CCCC3. The number of hydrogen-bond acceptors (Lipinski definition) is 6. The van der Waals surface area contributed by atoms with Crippen LogP contribution in [0.1, 0.15) is 62.9 Å². The summed E-state index contributed by atoms with van der Waals surface area (Å²) in [5, 5.41) is 0.623. The summed E-state index contributed by atoms with van der Waals surface area (Å²) in [5.41, 5.74) is 0.0343. The highest BCUT2D eigenvalue weighted by Crippen LogP contribution is 2.35. The van der Waals surface area contributed by atoms with Crippen LogP contribution in [0.15, 0.2) is 9.59 Å². The van der Waals surface area contributed by atoms with Gasteiger partial charge in [-0.15, -0.1) is 11.3 Å². The highest BCUT2D eigenvalue weighted by atomic mass is 32.1. The van der Waals surface area contributed by atoms with Crippen LogP contribution >= 0.6 is 11.3 Å². The third-order valence-corrected chi connectivity index (χ3v) is 7.21. The summed E-state index contributed by atoms with van der Waals surface area (Å²) in [7, 11) is 0. The van der Waals surface area contributed by atoms with Gasteiger partial charge in [0, 0.05) is 17.5 Å².